The summed E-state index contributed by atoms with van der Waals surface area (Å²) in [5.41, 5.74) is 0.435. The molecule has 0 heterocycles. The van der Waals surface area contributed by atoms with Crippen molar-refractivity contribution in [3.63, 3.8) is 0 Å². The van der Waals surface area contributed by atoms with Gasteiger partial charge in [-0.15, -0.1) is 0 Å². The molecule has 1 amide bonds. The molecule has 0 saturated heterocycles. The van der Waals surface area contributed by atoms with E-state index in [1.807, 2.05) is 20.8 Å². The fourth-order valence-electron chi connectivity index (χ4n) is 2.24. The molecule has 0 bridgehead atoms. The molecule has 2 aromatic carbocycles. The molecule has 1 atom stereocenters. The average molecular weight is 439 g/mol. The number of hydrogen-bond donors (Lipinski definition) is 1. The molecule has 5 nitrogen and oxygen atoms in total. The maximum absolute atomic E-state index is 13.1. The summed E-state index contributed by atoms with van der Waals surface area (Å²) in [6.45, 7) is 5.62. The number of carbonyl (C=O) groups excluding carboxylic acids is 1. The summed E-state index contributed by atoms with van der Waals surface area (Å²) in [6, 6.07) is 14.9. The second-order valence-electron chi connectivity index (χ2n) is 6.40. The summed E-state index contributed by atoms with van der Waals surface area (Å²) >= 11 is 3.34. The van der Waals surface area contributed by atoms with Crippen LogP contribution in [0.25, 0.3) is 0 Å². The van der Waals surface area contributed by atoms with Gasteiger partial charge in [-0.1, -0.05) is 48.0 Å². The van der Waals surface area contributed by atoms with Crippen LogP contribution < -0.4 is 9.62 Å². The van der Waals surface area contributed by atoms with Crippen LogP contribution in [0.4, 0.5) is 5.69 Å². The number of rotatable bonds is 7. The van der Waals surface area contributed by atoms with Gasteiger partial charge >= 0.3 is 0 Å². The number of benzene rings is 2. The van der Waals surface area contributed by atoms with Gasteiger partial charge in [-0.25, -0.2) is 8.42 Å². The number of carbonyl (C=O) groups is 1. The molecule has 0 fully saturated rings. The molecule has 0 aliphatic rings. The fourth-order valence-corrected chi connectivity index (χ4v) is 3.95. The highest BCUT2D eigenvalue weighted by Crippen LogP contribution is 2.25. The van der Waals surface area contributed by atoms with Crippen molar-refractivity contribution in [2.24, 2.45) is 5.92 Å². The van der Waals surface area contributed by atoms with Crippen LogP contribution in [-0.4, -0.2) is 26.9 Å². The molecule has 0 radical (unpaired) electrons. The highest BCUT2D eigenvalue weighted by molar-refractivity contribution is 9.10. The summed E-state index contributed by atoms with van der Waals surface area (Å²) in [7, 11) is -3.86. The molecule has 0 saturated carbocycles. The van der Waals surface area contributed by atoms with Crippen molar-refractivity contribution in [1.82, 2.24) is 5.32 Å². The normalized spacial score (nSPS) is 12.7. The van der Waals surface area contributed by atoms with Gasteiger partial charge in [0.2, 0.25) is 5.91 Å². The first-order valence-corrected chi connectivity index (χ1v) is 10.6. The number of nitrogens with zero attached hydrogens (tertiary/aromatic N) is 1. The fraction of sp³-hybridized carbons (Fsp3) is 0.316. The van der Waals surface area contributed by atoms with E-state index < -0.39 is 10.0 Å². The van der Waals surface area contributed by atoms with E-state index in [0.717, 1.165) is 8.78 Å². The van der Waals surface area contributed by atoms with Gasteiger partial charge in [0.05, 0.1) is 10.6 Å². The van der Waals surface area contributed by atoms with Gasteiger partial charge in [0.15, 0.2) is 0 Å². The van der Waals surface area contributed by atoms with E-state index in [1.165, 1.54) is 12.1 Å². The van der Waals surface area contributed by atoms with E-state index in [0.29, 0.717) is 5.69 Å². The van der Waals surface area contributed by atoms with Crippen molar-refractivity contribution in [1.29, 1.82) is 0 Å². The van der Waals surface area contributed by atoms with Crippen molar-refractivity contribution in [2.75, 3.05) is 10.8 Å². The van der Waals surface area contributed by atoms with Crippen LogP contribution in [0.5, 0.6) is 0 Å². The summed E-state index contributed by atoms with van der Waals surface area (Å²) in [5.74, 6) is -0.0839. The first kappa shape index (κ1) is 20.5. The van der Waals surface area contributed by atoms with E-state index in [9.17, 15) is 13.2 Å². The number of amides is 1. The average Bonchev–Trinajstić information content (AvgIpc) is 2.61. The lowest BCUT2D eigenvalue weighted by Gasteiger charge is -2.25. The SMILES string of the molecule is CC(C)C(C)NC(=O)CN(c1ccc(Br)cc1)S(=O)(=O)c1ccccc1. The maximum Gasteiger partial charge on any atom is 0.264 e. The van der Waals surface area contributed by atoms with Crippen molar-refractivity contribution in [3.8, 4) is 0 Å². The zero-order valence-electron chi connectivity index (χ0n) is 15.0. The zero-order chi connectivity index (χ0) is 19.3. The van der Waals surface area contributed by atoms with E-state index in [4.69, 9.17) is 0 Å². The molecule has 0 spiro atoms. The van der Waals surface area contributed by atoms with Crippen molar-refractivity contribution in [2.45, 2.75) is 31.7 Å². The maximum atomic E-state index is 13.1. The van der Waals surface area contributed by atoms with Gasteiger partial charge in [-0.05, 0) is 49.2 Å². The molecule has 1 N–H and O–H groups in total. The minimum Gasteiger partial charge on any atom is -0.352 e. The Bertz CT molecular complexity index is 837. The smallest absolute Gasteiger partial charge is 0.264 e. The minimum atomic E-state index is -3.86. The lowest BCUT2D eigenvalue weighted by atomic mass is 10.1. The standard InChI is InChI=1S/C19H23BrN2O3S/c1-14(2)15(3)21-19(23)13-22(17-11-9-16(20)10-12-17)26(24,25)18-7-5-4-6-8-18/h4-12,14-15H,13H2,1-3H3,(H,21,23). The van der Waals surface area contributed by atoms with Crippen LogP contribution in [-0.2, 0) is 14.8 Å². The molecular formula is C19H23BrN2O3S. The Hall–Kier alpha value is -1.86. The molecule has 0 aliphatic carbocycles. The van der Waals surface area contributed by atoms with Crippen molar-refractivity contribution >= 4 is 37.5 Å². The molecule has 0 aromatic heterocycles. The largest absolute Gasteiger partial charge is 0.352 e. The highest BCUT2D eigenvalue weighted by Gasteiger charge is 2.27. The molecule has 1 unspecified atom stereocenters. The molecule has 7 heteroatoms. The van der Waals surface area contributed by atoms with Gasteiger partial charge in [0.1, 0.15) is 6.54 Å². The van der Waals surface area contributed by atoms with Gasteiger partial charge in [0.25, 0.3) is 10.0 Å². The molecular weight excluding hydrogens is 416 g/mol. The number of hydrogen-bond acceptors (Lipinski definition) is 3. The van der Waals surface area contributed by atoms with Crippen LogP contribution in [0, 0.1) is 5.92 Å². The van der Waals surface area contributed by atoms with Gasteiger partial charge in [0, 0.05) is 10.5 Å². The third kappa shape index (κ3) is 5.08. The van der Waals surface area contributed by atoms with Gasteiger partial charge < -0.3 is 5.32 Å². The predicted molar refractivity (Wildman–Crippen MR) is 108 cm³/mol. The lowest BCUT2D eigenvalue weighted by molar-refractivity contribution is -0.120. The Morgan fingerprint density at radius 2 is 1.62 bits per heavy atom. The second kappa shape index (κ2) is 8.68. The highest BCUT2D eigenvalue weighted by atomic mass is 79.9. The van der Waals surface area contributed by atoms with Gasteiger partial charge in [-0.2, -0.15) is 0 Å². The number of sulfonamides is 1. The Kier molecular flexibility index (Phi) is 6.83. The number of halogens is 1. The molecule has 140 valence electrons. The minimum absolute atomic E-state index is 0.0475. The third-order valence-corrected chi connectivity index (χ3v) is 6.44. The summed E-state index contributed by atoms with van der Waals surface area (Å²) in [6.07, 6.45) is 0. The molecule has 0 aliphatic heterocycles. The Balaban J connectivity index is 2.37. The van der Waals surface area contributed by atoms with Crippen molar-refractivity contribution in [3.05, 3.63) is 59.1 Å². The predicted octanol–water partition coefficient (Wildman–Crippen LogP) is 3.81. The topological polar surface area (TPSA) is 66.5 Å². The summed E-state index contributed by atoms with van der Waals surface area (Å²) in [5, 5.41) is 2.86. The van der Waals surface area contributed by atoms with E-state index in [2.05, 4.69) is 21.2 Å². The monoisotopic (exact) mass is 438 g/mol. The van der Waals surface area contributed by atoms with Crippen LogP contribution in [0.2, 0.25) is 0 Å². The van der Waals surface area contributed by atoms with Crippen LogP contribution in [0.1, 0.15) is 20.8 Å². The second-order valence-corrected chi connectivity index (χ2v) is 9.18. The lowest BCUT2D eigenvalue weighted by Crippen LogP contribution is -2.45. The molecule has 2 aromatic rings. The molecule has 26 heavy (non-hydrogen) atoms. The Morgan fingerprint density at radius 3 is 2.15 bits per heavy atom. The van der Waals surface area contributed by atoms with E-state index in [1.54, 1.807) is 42.5 Å². The Labute approximate surface area is 163 Å². The number of anilines is 1. The first-order valence-electron chi connectivity index (χ1n) is 8.34. The van der Waals surface area contributed by atoms with Crippen LogP contribution in [0.15, 0.2) is 64.0 Å². The number of nitrogens with one attached hydrogen (secondary N) is 1. The summed E-state index contributed by atoms with van der Waals surface area (Å²) < 4.78 is 28.2. The third-order valence-electron chi connectivity index (χ3n) is 4.12. The Morgan fingerprint density at radius 1 is 1.04 bits per heavy atom. The molecule has 2 rings (SSSR count). The quantitative estimate of drug-likeness (QED) is 0.714. The zero-order valence-corrected chi connectivity index (χ0v) is 17.4. The van der Waals surface area contributed by atoms with Gasteiger partial charge in [-0.3, -0.25) is 9.10 Å². The van der Waals surface area contributed by atoms with Crippen LogP contribution >= 0.6 is 15.9 Å². The van der Waals surface area contributed by atoms with E-state index in [-0.39, 0.29) is 29.3 Å². The van der Waals surface area contributed by atoms with Crippen molar-refractivity contribution < 1.29 is 13.2 Å². The van der Waals surface area contributed by atoms with E-state index >= 15 is 0 Å². The van der Waals surface area contributed by atoms with Crippen LogP contribution in [0.3, 0.4) is 0 Å². The summed E-state index contributed by atoms with van der Waals surface area (Å²) in [4.78, 5) is 12.6. The first-order chi connectivity index (χ1) is 12.2.